The minimum Gasteiger partial charge on any atom is -0.504 e. The van der Waals surface area contributed by atoms with E-state index in [4.69, 9.17) is 5.11 Å². The van der Waals surface area contributed by atoms with E-state index in [-0.39, 0.29) is 11.5 Å². The topological polar surface area (TPSA) is 52.5 Å². The van der Waals surface area contributed by atoms with Gasteiger partial charge < -0.3 is 15.5 Å². The van der Waals surface area contributed by atoms with Crippen LogP contribution in [0.25, 0.3) is 0 Å². The number of rotatable bonds is 3. The minimum atomic E-state index is -0.0644. The Morgan fingerprint density at radius 3 is 2.75 bits per heavy atom. The van der Waals surface area contributed by atoms with E-state index in [0.29, 0.717) is 6.54 Å². The van der Waals surface area contributed by atoms with Crippen LogP contribution < -0.4 is 5.32 Å². The van der Waals surface area contributed by atoms with Gasteiger partial charge in [0.05, 0.1) is 0 Å². The van der Waals surface area contributed by atoms with Crippen molar-refractivity contribution in [2.24, 2.45) is 0 Å². The molecule has 12 heavy (non-hydrogen) atoms. The second-order valence-electron chi connectivity index (χ2n) is 2.57. The van der Waals surface area contributed by atoms with Gasteiger partial charge in [0, 0.05) is 12.1 Å². The van der Waals surface area contributed by atoms with Crippen molar-refractivity contribution in [1.82, 2.24) is 5.32 Å². The predicted molar refractivity (Wildman–Crippen MR) is 47.2 cm³/mol. The summed E-state index contributed by atoms with van der Waals surface area (Å²) in [5.74, 6) is -0.0937. The summed E-state index contributed by atoms with van der Waals surface area (Å²) in [6, 6.07) is 4.95. The van der Waals surface area contributed by atoms with E-state index in [1.807, 2.05) is 6.92 Å². The second-order valence-corrected chi connectivity index (χ2v) is 2.57. The Balaban J connectivity index is 2.78. The molecule has 0 aliphatic rings. The van der Waals surface area contributed by atoms with Gasteiger partial charge in [-0.15, -0.1) is 0 Å². The van der Waals surface area contributed by atoms with E-state index < -0.39 is 0 Å². The monoisotopic (exact) mass is 167 g/mol. The summed E-state index contributed by atoms with van der Waals surface area (Å²) in [4.78, 5) is 0. The SMILES string of the molecule is CCNCc1cccc(O)c1O. The van der Waals surface area contributed by atoms with Crippen molar-refractivity contribution in [3.63, 3.8) is 0 Å². The van der Waals surface area contributed by atoms with E-state index in [9.17, 15) is 5.11 Å². The van der Waals surface area contributed by atoms with Crippen molar-refractivity contribution in [1.29, 1.82) is 0 Å². The smallest absolute Gasteiger partial charge is 0.161 e. The third kappa shape index (κ3) is 1.89. The van der Waals surface area contributed by atoms with Crippen LogP contribution in [0.1, 0.15) is 12.5 Å². The molecular weight excluding hydrogens is 154 g/mol. The zero-order valence-corrected chi connectivity index (χ0v) is 7.04. The van der Waals surface area contributed by atoms with Gasteiger partial charge in [0.2, 0.25) is 0 Å². The first-order valence-electron chi connectivity index (χ1n) is 3.96. The molecule has 0 aromatic heterocycles. The molecule has 66 valence electrons. The largest absolute Gasteiger partial charge is 0.504 e. The molecule has 0 amide bonds. The highest BCUT2D eigenvalue weighted by Gasteiger charge is 2.03. The maximum atomic E-state index is 9.33. The van der Waals surface area contributed by atoms with Crippen LogP contribution in [-0.4, -0.2) is 16.8 Å². The maximum absolute atomic E-state index is 9.33. The molecule has 0 heterocycles. The summed E-state index contributed by atoms with van der Waals surface area (Å²) in [5.41, 5.74) is 0.719. The lowest BCUT2D eigenvalue weighted by molar-refractivity contribution is 0.398. The molecule has 3 heteroatoms. The van der Waals surface area contributed by atoms with Gasteiger partial charge in [-0.3, -0.25) is 0 Å². The van der Waals surface area contributed by atoms with E-state index in [1.54, 1.807) is 12.1 Å². The summed E-state index contributed by atoms with van der Waals surface area (Å²) in [6.07, 6.45) is 0. The van der Waals surface area contributed by atoms with Crippen LogP contribution in [0.2, 0.25) is 0 Å². The molecule has 0 aliphatic carbocycles. The second kappa shape index (κ2) is 3.97. The molecule has 3 nitrogen and oxygen atoms in total. The van der Waals surface area contributed by atoms with E-state index >= 15 is 0 Å². The molecule has 0 radical (unpaired) electrons. The van der Waals surface area contributed by atoms with Crippen molar-refractivity contribution in [2.45, 2.75) is 13.5 Å². The third-order valence-electron chi connectivity index (χ3n) is 1.66. The van der Waals surface area contributed by atoms with Crippen LogP contribution in [-0.2, 0) is 6.54 Å². The van der Waals surface area contributed by atoms with Crippen LogP contribution in [0.5, 0.6) is 11.5 Å². The highest BCUT2D eigenvalue weighted by atomic mass is 16.3. The van der Waals surface area contributed by atoms with Gasteiger partial charge in [-0.25, -0.2) is 0 Å². The summed E-state index contributed by atoms with van der Waals surface area (Å²) in [5, 5.41) is 21.5. The summed E-state index contributed by atoms with van der Waals surface area (Å²) in [6.45, 7) is 3.41. The van der Waals surface area contributed by atoms with Gasteiger partial charge >= 0.3 is 0 Å². The molecule has 0 fully saturated rings. The predicted octanol–water partition coefficient (Wildman–Crippen LogP) is 1.21. The standard InChI is InChI=1S/C9H13NO2/c1-2-10-6-7-4-3-5-8(11)9(7)12/h3-5,10-12H,2,6H2,1H3. The maximum Gasteiger partial charge on any atom is 0.161 e. The van der Waals surface area contributed by atoms with Gasteiger partial charge in [-0.05, 0) is 12.6 Å². The molecule has 0 spiro atoms. The van der Waals surface area contributed by atoms with Gasteiger partial charge in [-0.2, -0.15) is 0 Å². The van der Waals surface area contributed by atoms with Crippen LogP contribution in [0.4, 0.5) is 0 Å². The number of para-hydroxylation sites is 1. The number of nitrogens with one attached hydrogen (secondary N) is 1. The normalized spacial score (nSPS) is 10.1. The number of benzene rings is 1. The lowest BCUT2D eigenvalue weighted by atomic mass is 10.2. The van der Waals surface area contributed by atoms with E-state index in [1.165, 1.54) is 6.07 Å². The molecule has 0 saturated carbocycles. The Hall–Kier alpha value is -1.22. The molecule has 1 aromatic rings. The van der Waals surface area contributed by atoms with Crippen LogP contribution in [0.15, 0.2) is 18.2 Å². The van der Waals surface area contributed by atoms with Crippen molar-refractivity contribution in [3.05, 3.63) is 23.8 Å². The first-order valence-corrected chi connectivity index (χ1v) is 3.96. The average Bonchev–Trinajstić information content (AvgIpc) is 2.08. The summed E-state index contributed by atoms with van der Waals surface area (Å²) < 4.78 is 0. The number of phenolic OH excluding ortho intramolecular Hbond substituents is 2. The molecule has 3 N–H and O–H groups in total. The first-order chi connectivity index (χ1) is 5.75. The minimum absolute atomic E-state index is 0.0292. The van der Waals surface area contributed by atoms with Crippen LogP contribution >= 0.6 is 0 Å². The third-order valence-corrected chi connectivity index (χ3v) is 1.66. The summed E-state index contributed by atoms with van der Waals surface area (Å²) in [7, 11) is 0. The molecule has 1 rings (SSSR count). The quantitative estimate of drug-likeness (QED) is 0.593. The fourth-order valence-corrected chi connectivity index (χ4v) is 0.980. The van der Waals surface area contributed by atoms with Crippen LogP contribution in [0, 0.1) is 0 Å². The van der Waals surface area contributed by atoms with E-state index in [0.717, 1.165) is 12.1 Å². The lowest BCUT2D eigenvalue weighted by Crippen LogP contribution is -2.11. The highest BCUT2D eigenvalue weighted by molar-refractivity contribution is 5.44. The van der Waals surface area contributed by atoms with Crippen molar-refractivity contribution in [3.8, 4) is 11.5 Å². The molecule has 0 unspecified atom stereocenters. The molecule has 0 saturated heterocycles. The molecule has 0 aliphatic heterocycles. The molecule has 1 aromatic carbocycles. The Labute approximate surface area is 71.7 Å². The number of hydrogen-bond donors (Lipinski definition) is 3. The average molecular weight is 167 g/mol. The van der Waals surface area contributed by atoms with Gasteiger partial charge in [0.15, 0.2) is 11.5 Å². The number of hydrogen-bond acceptors (Lipinski definition) is 3. The molecule has 0 atom stereocenters. The number of phenols is 2. The van der Waals surface area contributed by atoms with Crippen molar-refractivity contribution < 1.29 is 10.2 Å². The van der Waals surface area contributed by atoms with Gasteiger partial charge in [0.25, 0.3) is 0 Å². The Bertz CT molecular complexity index is 261. The summed E-state index contributed by atoms with van der Waals surface area (Å²) >= 11 is 0. The lowest BCUT2D eigenvalue weighted by Gasteiger charge is -2.05. The van der Waals surface area contributed by atoms with Crippen molar-refractivity contribution >= 4 is 0 Å². The molecular formula is C9H13NO2. The fourth-order valence-electron chi connectivity index (χ4n) is 0.980. The highest BCUT2D eigenvalue weighted by Crippen LogP contribution is 2.27. The molecule has 0 bridgehead atoms. The van der Waals surface area contributed by atoms with Crippen molar-refractivity contribution in [2.75, 3.05) is 6.54 Å². The van der Waals surface area contributed by atoms with Gasteiger partial charge in [-0.1, -0.05) is 19.1 Å². The van der Waals surface area contributed by atoms with Gasteiger partial charge in [0.1, 0.15) is 0 Å². The Morgan fingerprint density at radius 2 is 2.08 bits per heavy atom. The Kier molecular flexibility index (Phi) is 2.94. The zero-order valence-electron chi connectivity index (χ0n) is 7.04. The number of aromatic hydroxyl groups is 2. The Morgan fingerprint density at radius 1 is 1.33 bits per heavy atom. The first kappa shape index (κ1) is 8.87. The zero-order chi connectivity index (χ0) is 8.97. The van der Waals surface area contributed by atoms with E-state index in [2.05, 4.69) is 5.32 Å². The van der Waals surface area contributed by atoms with Crippen LogP contribution in [0.3, 0.4) is 0 Å². The fraction of sp³-hybridized carbons (Fsp3) is 0.333.